The van der Waals surface area contributed by atoms with Gasteiger partial charge in [-0.05, 0) is 42.0 Å². The summed E-state index contributed by atoms with van der Waals surface area (Å²) >= 11 is 5.92. The van der Waals surface area contributed by atoms with Crippen molar-refractivity contribution >= 4 is 23.2 Å². The van der Waals surface area contributed by atoms with Gasteiger partial charge in [0, 0.05) is 22.3 Å². The second-order valence-corrected chi connectivity index (χ2v) is 6.47. The first-order valence-electron chi connectivity index (χ1n) is 8.36. The van der Waals surface area contributed by atoms with Crippen LogP contribution in [0.15, 0.2) is 60.9 Å². The average Bonchev–Trinajstić information content (AvgIpc) is 2.73. The number of carbonyl (C=O) groups is 1. The number of pyridine rings is 1. The highest BCUT2D eigenvalue weighted by Gasteiger charge is 2.27. The van der Waals surface area contributed by atoms with Crippen LogP contribution in [-0.4, -0.2) is 24.0 Å². The van der Waals surface area contributed by atoms with Crippen molar-refractivity contribution in [1.82, 2.24) is 4.98 Å². The molecule has 0 spiro atoms. The third-order valence-electron chi connectivity index (χ3n) is 4.39. The minimum Gasteiger partial charge on any atom is -0.489 e. The summed E-state index contributed by atoms with van der Waals surface area (Å²) < 4.78 is 5.88. The zero-order valence-electron chi connectivity index (χ0n) is 14.2. The van der Waals surface area contributed by atoms with Crippen LogP contribution in [0.1, 0.15) is 15.9 Å². The topological polar surface area (TPSA) is 66.2 Å². The molecule has 0 saturated heterocycles. The van der Waals surface area contributed by atoms with Crippen molar-refractivity contribution in [3.05, 3.63) is 77.1 Å². The van der Waals surface area contributed by atoms with Crippen LogP contribution < -0.4 is 9.64 Å². The molecule has 0 N–H and O–H groups in total. The molecule has 27 heavy (non-hydrogen) atoms. The Morgan fingerprint density at radius 2 is 1.85 bits per heavy atom. The molecule has 0 aliphatic carbocycles. The maximum atomic E-state index is 13.0. The maximum absolute atomic E-state index is 13.0. The summed E-state index contributed by atoms with van der Waals surface area (Å²) in [5.41, 5.74) is 3.42. The Bertz CT molecular complexity index is 1040. The van der Waals surface area contributed by atoms with Crippen LogP contribution in [0.4, 0.5) is 5.69 Å². The minimum atomic E-state index is -0.130. The van der Waals surface area contributed by atoms with Crippen molar-refractivity contribution in [2.45, 2.75) is 0 Å². The first kappa shape index (κ1) is 17.1. The molecule has 2 aromatic carbocycles. The summed E-state index contributed by atoms with van der Waals surface area (Å²) in [5.74, 6) is 0.485. The van der Waals surface area contributed by atoms with E-state index < -0.39 is 0 Å². The summed E-state index contributed by atoms with van der Waals surface area (Å²) in [6, 6.07) is 16.1. The van der Waals surface area contributed by atoms with E-state index in [0.717, 1.165) is 11.1 Å². The van der Waals surface area contributed by atoms with Crippen molar-refractivity contribution in [3.63, 3.8) is 0 Å². The van der Waals surface area contributed by atoms with Crippen LogP contribution in [0.3, 0.4) is 0 Å². The first-order chi connectivity index (χ1) is 13.2. The average molecular weight is 376 g/mol. The Hall–Kier alpha value is -3.36. The van der Waals surface area contributed by atoms with E-state index in [1.165, 1.54) is 0 Å². The zero-order valence-corrected chi connectivity index (χ0v) is 15.0. The number of anilines is 1. The molecule has 6 heteroatoms. The molecule has 5 nitrogen and oxygen atoms in total. The molecule has 1 aliphatic rings. The van der Waals surface area contributed by atoms with E-state index in [1.54, 1.807) is 53.7 Å². The Morgan fingerprint density at radius 3 is 2.56 bits per heavy atom. The van der Waals surface area contributed by atoms with Gasteiger partial charge >= 0.3 is 0 Å². The Balaban J connectivity index is 1.74. The molecule has 0 unspecified atom stereocenters. The molecule has 4 rings (SSSR count). The van der Waals surface area contributed by atoms with Crippen LogP contribution in [0, 0.1) is 11.3 Å². The number of halogens is 1. The van der Waals surface area contributed by atoms with Crippen LogP contribution in [0.5, 0.6) is 5.75 Å². The monoisotopic (exact) mass is 375 g/mol. The number of benzene rings is 2. The molecular weight excluding hydrogens is 362 g/mol. The molecule has 2 heterocycles. The second kappa shape index (κ2) is 7.10. The van der Waals surface area contributed by atoms with Crippen molar-refractivity contribution in [2.24, 2.45) is 0 Å². The van der Waals surface area contributed by atoms with Gasteiger partial charge in [0.15, 0.2) is 5.75 Å². The standard InChI is InChI=1S/C21H14ClN3O2/c22-17-7-5-16(6-8-17)21(26)25-9-10-27-20-18(12-24-13-19(20)25)15-3-1-14(11-23)2-4-15/h1-8,12-13H,9-10H2. The van der Waals surface area contributed by atoms with Gasteiger partial charge in [-0.25, -0.2) is 0 Å². The number of fused-ring (bicyclic) bond motifs is 1. The SMILES string of the molecule is N#Cc1ccc(-c2cncc3c2OCCN3C(=O)c2ccc(Cl)cc2)cc1. The van der Waals surface area contributed by atoms with Gasteiger partial charge in [-0.15, -0.1) is 0 Å². The third-order valence-corrected chi connectivity index (χ3v) is 4.64. The molecule has 3 aromatic rings. The lowest BCUT2D eigenvalue weighted by atomic mass is 10.0. The van der Waals surface area contributed by atoms with Crippen molar-refractivity contribution < 1.29 is 9.53 Å². The van der Waals surface area contributed by atoms with E-state index in [0.29, 0.717) is 40.7 Å². The second-order valence-electron chi connectivity index (χ2n) is 6.04. The normalized spacial score (nSPS) is 12.7. The molecule has 0 bridgehead atoms. The quantitative estimate of drug-likeness (QED) is 0.669. The number of amides is 1. The third kappa shape index (κ3) is 3.23. The summed E-state index contributed by atoms with van der Waals surface area (Å²) in [7, 11) is 0. The number of hydrogen-bond acceptors (Lipinski definition) is 4. The lowest BCUT2D eigenvalue weighted by Crippen LogP contribution is -2.38. The molecular formula is C21H14ClN3O2. The first-order valence-corrected chi connectivity index (χ1v) is 8.74. The summed E-state index contributed by atoms with van der Waals surface area (Å²) in [4.78, 5) is 18.9. The molecule has 1 aliphatic heterocycles. The summed E-state index contributed by atoms with van der Waals surface area (Å²) in [5, 5.41) is 9.55. The smallest absolute Gasteiger partial charge is 0.258 e. The van der Waals surface area contributed by atoms with E-state index in [9.17, 15) is 4.79 Å². The fourth-order valence-corrected chi connectivity index (χ4v) is 3.16. The minimum absolute atomic E-state index is 0.130. The van der Waals surface area contributed by atoms with E-state index in [4.69, 9.17) is 21.6 Å². The molecule has 0 saturated carbocycles. The fourth-order valence-electron chi connectivity index (χ4n) is 3.03. The van der Waals surface area contributed by atoms with Gasteiger partial charge in [0.1, 0.15) is 12.3 Å². The Morgan fingerprint density at radius 1 is 1.11 bits per heavy atom. The number of rotatable bonds is 2. The number of nitrogens with zero attached hydrogens (tertiary/aromatic N) is 3. The predicted octanol–water partition coefficient (Wildman–Crippen LogP) is 4.31. The summed E-state index contributed by atoms with van der Waals surface area (Å²) in [6.07, 6.45) is 3.34. The predicted molar refractivity (Wildman–Crippen MR) is 103 cm³/mol. The van der Waals surface area contributed by atoms with E-state index >= 15 is 0 Å². The Kier molecular flexibility index (Phi) is 4.49. The van der Waals surface area contributed by atoms with Crippen molar-refractivity contribution in [3.8, 4) is 22.9 Å². The van der Waals surface area contributed by atoms with Crippen molar-refractivity contribution in [2.75, 3.05) is 18.1 Å². The number of nitriles is 1. The van der Waals surface area contributed by atoms with E-state index in [2.05, 4.69) is 11.1 Å². The van der Waals surface area contributed by atoms with Crippen molar-refractivity contribution in [1.29, 1.82) is 5.26 Å². The zero-order chi connectivity index (χ0) is 18.8. The van der Waals surface area contributed by atoms with Gasteiger partial charge in [-0.1, -0.05) is 23.7 Å². The summed E-state index contributed by atoms with van der Waals surface area (Å²) in [6.45, 7) is 0.826. The molecule has 0 radical (unpaired) electrons. The van der Waals surface area contributed by atoms with Gasteiger partial charge in [-0.3, -0.25) is 9.78 Å². The number of hydrogen-bond donors (Lipinski definition) is 0. The highest BCUT2D eigenvalue weighted by Crippen LogP contribution is 2.40. The van der Waals surface area contributed by atoms with E-state index in [1.807, 2.05) is 12.1 Å². The lowest BCUT2D eigenvalue weighted by molar-refractivity contribution is 0.0976. The largest absolute Gasteiger partial charge is 0.489 e. The Labute approximate surface area is 161 Å². The van der Waals surface area contributed by atoms with Gasteiger partial charge in [0.2, 0.25) is 0 Å². The van der Waals surface area contributed by atoms with Crippen LogP contribution in [0.25, 0.3) is 11.1 Å². The molecule has 1 aromatic heterocycles. The highest BCUT2D eigenvalue weighted by atomic mass is 35.5. The maximum Gasteiger partial charge on any atom is 0.258 e. The lowest BCUT2D eigenvalue weighted by Gasteiger charge is -2.30. The number of aromatic nitrogens is 1. The molecule has 0 atom stereocenters. The van der Waals surface area contributed by atoms with Gasteiger partial charge < -0.3 is 9.64 Å². The number of carbonyl (C=O) groups excluding carboxylic acids is 1. The molecule has 0 fully saturated rings. The van der Waals surface area contributed by atoms with Crippen LogP contribution >= 0.6 is 11.6 Å². The van der Waals surface area contributed by atoms with Gasteiger partial charge in [-0.2, -0.15) is 5.26 Å². The number of ether oxygens (including phenoxy) is 1. The van der Waals surface area contributed by atoms with Gasteiger partial charge in [0.05, 0.1) is 24.4 Å². The highest BCUT2D eigenvalue weighted by molar-refractivity contribution is 6.30. The fraction of sp³-hybridized carbons (Fsp3) is 0.0952. The van der Waals surface area contributed by atoms with E-state index in [-0.39, 0.29) is 5.91 Å². The van der Waals surface area contributed by atoms with Crippen LogP contribution in [-0.2, 0) is 0 Å². The molecule has 1 amide bonds. The van der Waals surface area contributed by atoms with Gasteiger partial charge in [0.25, 0.3) is 5.91 Å². The molecule has 132 valence electrons. The van der Waals surface area contributed by atoms with Crippen LogP contribution in [0.2, 0.25) is 5.02 Å².